The van der Waals surface area contributed by atoms with Crippen LogP contribution in [0.1, 0.15) is 85.3 Å². The normalized spacial score (nSPS) is 25.7. The van der Waals surface area contributed by atoms with E-state index in [1.54, 1.807) is 12.1 Å². The van der Waals surface area contributed by atoms with Gasteiger partial charge in [0.1, 0.15) is 11.5 Å². The van der Waals surface area contributed by atoms with Gasteiger partial charge in [0.2, 0.25) is 29.5 Å². The maximum absolute atomic E-state index is 14.2. The van der Waals surface area contributed by atoms with Crippen LogP contribution in [0, 0.1) is 5.92 Å². The molecule has 0 aromatic heterocycles. The number of carbonyl (C=O) groups is 6. The zero-order valence-electron chi connectivity index (χ0n) is 36.5. The van der Waals surface area contributed by atoms with Gasteiger partial charge < -0.3 is 40.4 Å². The summed E-state index contributed by atoms with van der Waals surface area (Å²) < 4.78 is 17.0. The molecule has 340 valence electrons. The Kier molecular flexibility index (Phi) is 13.8. The van der Waals surface area contributed by atoms with Crippen LogP contribution in [-0.2, 0) is 50.1 Å². The quantitative estimate of drug-likeness (QED) is 0.0810. The van der Waals surface area contributed by atoms with Crippen molar-refractivity contribution in [3.63, 3.8) is 0 Å². The highest BCUT2D eigenvalue weighted by Gasteiger charge is 2.69. The molecule has 1 spiro atoms. The molecule has 6 amide bonds. The van der Waals surface area contributed by atoms with Crippen molar-refractivity contribution in [2.24, 2.45) is 5.92 Å². The number of carbonyl (C=O) groups excluding carboxylic acids is 6. The van der Waals surface area contributed by atoms with Gasteiger partial charge in [-0.25, -0.2) is 0 Å². The van der Waals surface area contributed by atoms with Gasteiger partial charge in [0.15, 0.2) is 0 Å². The molecule has 6 N–H and O–H groups in total. The lowest BCUT2D eigenvalue weighted by molar-refractivity contribution is -0.137. The maximum Gasteiger partial charge on any atom is 0.255 e. The highest BCUT2D eigenvalue weighted by atomic mass is 16.5. The molecule has 0 bridgehead atoms. The SMILES string of the molecule is CC1(C)N[C@@H](C(=O)NC2CCC(C(=O)NCCOCCOCCOCCNc3cccc4c3CN(C3CCC(=O)NC3=O)C4=O)CC2)[C@H](c2ccccc2)[C@]12C(=O)Nc1ccccc12. The van der Waals surface area contributed by atoms with E-state index in [-0.39, 0.29) is 47.9 Å². The van der Waals surface area contributed by atoms with Gasteiger partial charge in [0.05, 0.1) is 45.7 Å². The van der Waals surface area contributed by atoms with Crippen molar-refractivity contribution < 1.29 is 43.0 Å². The molecule has 4 aliphatic heterocycles. The molecule has 8 rings (SSSR count). The number of benzene rings is 3. The van der Waals surface area contributed by atoms with Crippen LogP contribution >= 0.6 is 0 Å². The van der Waals surface area contributed by atoms with Crippen molar-refractivity contribution in [3.8, 4) is 0 Å². The fraction of sp³-hybridized carbons (Fsp3) is 0.500. The fourth-order valence-corrected chi connectivity index (χ4v) is 10.5. The van der Waals surface area contributed by atoms with Crippen LogP contribution in [0.3, 0.4) is 0 Å². The van der Waals surface area contributed by atoms with Crippen molar-refractivity contribution in [1.82, 2.24) is 26.2 Å². The van der Waals surface area contributed by atoms with Gasteiger partial charge in [-0.2, -0.15) is 0 Å². The first-order valence-electron chi connectivity index (χ1n) is 22.5. The summed E-state index contributed by atoms with van der Waals surface area (Å²) in [6, 6.07) is 21.7. The number of ether oxygens (including phenoxy) is 3. The van der Waals surface area contributed by atoms with Gasteiger partial charge in [-0.05, 0) is 75.3 Å². The Morgan fingerprint density at radius 2 is 1.44 bits per heavy atom. The molecule has 1 unspecified atom stereocenters. The largest absolute Gasteiger partial charge is 0.382 e. The molecular weight excluding hydrogens is 819 g/mol. The third kappa shape index (κ3) is 9.01. The highest BCUT2D eigenvalue weighted by Crippen LogP contribution is 2.58. The summed E-state index contributed by atoms with van der Waals surface area (Å²) in [5.41, 5.74) is 3.05. The average molecular weight is 878 g/mol. The fourth-order valence-electron chi connectivity index (χ4n) is 10.5. The lowest BCUT2D eigenvalue weighted by Gasteiger charge is -2.40. The highest BCUT2D eigenvalue weighted by molar-refractivity contribution is 6.10. The number of hydrogen-bond donors (Lipinski definition) is 6. The lowest BCUT2D eigenvalue weighted by Crippen LogP contribution is -2.55. The Morgan fingerprint density at radius 1 is 0.750 bits per heavy atom. The molecule has 3 aromatic carbocycles. The average Bonchev–Trinajstić information content (AvgIpc) is 3.88. The third-order valence-corrected chi connectivity index (χ3v) is 13.6. The number of nitrogens with zero attached hydrogens (tertiary/aromatic N) is 1. The van der Waals surface area contributed by atoms with Crippen molar-refractivity contribution in [1.29, 1.82) is 0 Å². The second-order valence-electron chi connectivity index (χ2n) is 17.8. The van der Waals surface area contributed by atoms with Crippen molar-refractivity contribution in [2.45, 2.75) is 93.9 Å². The molecule has 16 nitrogen and oxygen atoms in total. The van der Waals surface area contributed by atoms with Crippen LogP contribution < -0.4 is 31.9 Å². The van der Waals surface area contributed by atoms with Gasteiger partial charge >= 0.3 is 0 Å². The van der Waals surface area contributed by atoms with E-state index < -0.39 is 34.9 Å². The standard InChI is InChI=1S/C48H59N7O9/c1-47(2)48(35-12-6-7-13-37(35)52-46(48)61)40(30-9-4-3-5-10-30)41(54-47)44(59)51-32-17-15-31(16-18-32)42(57)50-22-24-63-26-28-64-27-25-62-23-21-49-36-14-8-11-33-34(36)29-55(45(33)60)38-19-20-39(56)53-43(38)58/h3-14,31-32,38,40-41,49,54H,15-29H2,1-2H3,(H,50,57)(H,51,59)(H,52,61)(H,53,56,58)/t31?,32?,38?,40-,41+,48+/m0/s1. The monoisotopic (exact) mass is 877 g/mol. The molecule has 1 saturated carbocycles. The van der Waals surface area contributed by atoms with Crippen LogP contribution in [0.15, 0.2) is 72.8 Å². The second-order valence-corrected chi connectivity index (χ2v) is 17.8. The lowest BCUT2D eigenvalue weighted by atomic mass is 9.60. The first kappa shape index (κ1) is 44.9. The minimum Gasteiger partial charge on any atom is -0.382 e. The number of amides is 6. The number of imide groups is 1. The number of rotatable bonds is 18. The second kappa shape index (κ2) is 19.6. The Hall–Kier alpha value is -5.68. The Bertz CT molecular complexity index is 2230. The number of piperidine rings is 1. The van der Waals surface area contributed by atoms with Gasteiger partial charge in [0, 0.05) is 72.0 Å². The molecule has 16 heteroatoms. The summed E-state index contributed by atoms with van der Waals surface area (Å²) >= 11 is 0. The minimum atomic E-state index is -1.00. The Labute approximate surface area is 373 Å². The summed E-state index contributed by atoms with van der Waals surface area (Å²) in [5.74, 6) is -1.79. The van der Waals surface area contributed by atoms with E-state index in [4.69, 9.17) is 14.2 Å². The maximum atomic E-state index is 14.2. The van der Waals surface area contributed by atoms with Gasteiger partial charge in [-0.1, -0.05) is 54.6 Å². The summed E-state index contributed by atoms with van der Waals surface area (Å²) in [4.78, 5) is 79.8. The van der Waals surface area contributed by atoms with Crippen LogP contribution in [0.25, 0.3) is 0 Å². The van der Waals surface area contributed by atoms with Crippen LogP contribution in [0.2, 0.25) is 0 Å². The van der Waals surface area contributed by atoms with E-state index in [1.807, 2.05) is 74.5 Å². The van der Waals surface area contributed by atoms with E-state index in [2.05, 4.69) is 31.9 Å². The molecule has 3 fully saturated rings. The molecule has 64 heavy (non-hydrogen) atoms. The molecule has 3 aromatic rings. The number of hydrogen-bond acceptors (Lipinski definition) is 11. The van der Waals surface area contributed by atoms with E-state index >= 15 is 0 Å². The first-order chi connectivity index (χ1) is 31.0. The molecule has 1 aliphatic carbocycles. The topological polar surface area (TPSA) is 206 Å². The predicted molar refractivity (Wildman–Crippen MR) is 237 cm³/mol. The van der Waals surface area contributed by atoms with Crippen molar-refractivity contribution in [3.05, 3.63) is 95.1 Å². The Balaban J connectivity index is 0.685. The van der Waals surface area contributed by atoms with Gasteiger partial charge in [-0.15, -0.1) is 0 Å². The van der Waals surface area contributed by atoms with E-state index in [9.17, 15) is 28.8 Å². The zero-order chi connectivity index (χ0) is 44.8. The smallest absolute Gasteiger partial charge is 0.255 e. The molecule has 2 saturated heterocycles. The molecule has 0 radical (unpaired) electrons. The third-order valence-electron chi connectivity index (χ3n) is 13.6. The zero-order valence-corrected chi connectivity index (χ0v) is 36.5. The van der Waals surface area contributed by atoms with Crippen LogP contribution in [0.4, 0.5) is 11.4 Å². The van der Waals surface area contributed by atoms with Crippen molar-refractivity contribution >= 4 is 46.8 Å². The number of fused-ring (bicyclic) bond motifs is 3. The number of para-hydroxylation sites is 1. The summed E-state index contributed by atoms with van der Waals surface area (Å²) in [7, 11) is 0. The summed E-state index contributed by atoms with van der Waals surface area (Å²) in [6.07, 6.45) is 3.22. The van der Waals surface area contributed by atoms with E-state index in [0.717, 1.165) is 28.1 Å². The molecular formula is C48H59N7O9. The molecule has 4 atom stereocenters. The number of anilines is 2. The van der Waals surface area contributed by atoms with E-state index in [0.29, 0.717) is 96.9 Å². The predicted octanol–water partition coefficient (Wildman–Crippen LogP) is 3.12. The molecule has 4 heterocycles. The van der Waals surface area contributed by atoms with Crippen LogP contribution in [-0.4, -0.2) is 117 Å². The van der Waals surface area contributed by atoms with Crippen molar-refractivity contribution in [2.75, 3.05) is 63.4 Å². The first-order valence-corrected chi connectivity index (χ1v) is 22.5. The van der Waals surface area contributed by atoms with Gasteiger partial charge in [-0.3, -0.25) is 39.4 Å². The molecule has 5 aliphatic rings. The summed E-state index contributed by atoms with van der Waals surface area (Å²) in [5, 5.41) is 18.6. The minimum absolute atomic E-state index is 0.00759. The van der Waals surface area contributed by atoms with Crippen LogP contribution in [0.5, 0.6) is 0 Å². The Morgan fingerprint density at radius 3 is 2.17 bits per heavy atom. The van der Waals surface area contributed by atoms with E-state index in [1.165, 1.54) is 4.90 Å². The number of nitrogens with one attached hydrogen (secondary N) is 6. The van der Waals surface area contributed by atoms with Gasteiger partial charge in [0.25, 0.3) is 5.91 Å². The summed E-state index contributed by atoms with van der Waals surface area (Å²) in [6.45, 7) is 7.57.